The van der Waals surface area contributed by atoms with Crippen LogP contribution in [0.2, 0.25) is 0 Å². The van der Waals surface area contributed by atoms with Gasteiger partial charge in [0.1, 0.15) is 23.0 Å². The molecule has 30 heavy (non-hydrogen) atoms. The van der Waals surface area contributed by atoms with Gasteiger partial charge in [0.05, 0.1) is 0 Å². The maximum atomic E-state index is 13.8. The lowest BCUT2D eigenvalue weighted by molar-refractivity contribution is 0.0504. The van der Waals surface area contributed by atoms with Gasteiger partial charge in [-0.3, -0.25) is 14.4 Å². The fraction of sp³-hybridized carbons (Fsp3) is 0.350. The first-order valence-electron chi connectivity index (χ1n) is 9.47. The zero-order valence-corrected chi connectivity index (χ0v) is 15.8. The molecule has 1 saturated heterocycles. The minimum Gasteiger partial charge on any atom is -0.503 e. The summed E-state index contributed by atoms with van der Waals surface area (Å²) in [6, 6.07) is 0.858. The average Bonchev–Trinajstić information content (AvgIpc) is 2.69. The van der Waals surface area contributed by atoms with E-state index in [-0.39, 0.29) is 11.7 Å². The highest BCUT2D eigenvalue weighted by Crippen LogP contribution is 2.28. The number of hydrogen-bond acceptors (Lipinski definition) is 4. The highest BCUT2D eigenvalue weighted by atomic mass is 19.1. The quantitative estimate of drug-likeness (QED) is 0.792. The molecule has 1 fully saturated rings. The largest absolute Gasteiger partial charge is 0.503 e. The molecule has 10 heteroatoms. The van der Waals surface area contributed by atoms with Crippen LogP contribution < -0.4 is 10.7 Å². The van der Waals surface area contributed by atoms with Crippen LogP contribution in [-0.2, 0) is 13.1 Å². The zero-order chi connectivity index (χ0) is 21.6. The minimum atomic E-state index is -1.18. The summed E-state index contributed by atoms with van der Waals surface area (Å²) in [6.07, 6.45) is 3.72. The summed E-state index contributed by atoms with van der Waals surface area (Å²) in [5.41, 5.74) is -2.26. The van der Waals surface area contributed by atoms with E-state index in [0.717, 1.165) is 19.3 Å². The fourth-order valence-corrected chi connectivity index (χ4v) is 4.01. The highest BCUT2D eigenvalue weighted by molar-refractivity contribution is 5.99. The molecule has 0 saturated carbocycles. The second-order valence-corrected chi connectivity index (χ2v) is 7.40. The van der Waals surface area contributed by atoms with E-state index in [9.17, 15) is 32.7 Å². The summed E-state index contributed by atoms with van der Waals surface area (Å²) >= 11 is 0. The number of rotatable bonds is 3. The first-order chi connectivity index (χ1) is 14.3. The molecule has 0 bridgehead atoms. The molecule has 2 N–H and O–H groups in total. The van der Waals surface area contributed by atoms with Gasteiger partial charge in [-0.25, -0.2) is 13.2 Å². The average molecular weight is 421 g/mol. The van der Waals surface area contributed by atoms with E-state index < -0.39 is 58.1 Å². The van der Waals surface area contributed by atoms with Crippen LogP contribution in [0.15, 0.2) is 23.1 Å². The Morgan fingerprint density at radius 1 is 1.17 bits per heavy atom. The van der Waals surface area contributed by atoms with Gasteiger partial charge in [0.2, 0.25) is 5.43 Å². The van der Waals surface area contributed by atoms with Crippen molar-refractivity contribution in [1.29, 1.82) is 0 Å². The first-order valence-corrected chi connectivity index (χ1v) is 9.47. The smallest absolute Gasteiger partial charge is 0.274 e. The molecule has 4 rings (SSSR count). The van der Waals surface area contributed by atoms with Crippen molar-refractivity contribution in [2.75, 3.05) is 6.54 Å². The Kier molecular flexibility index (Phi) is 5.00. The topological polar surface area (TPSA) is 91.6 Å². The number of hydrogen-bond donors (Lipinski definition) is 2. The number of fused-ring (bicyclic) bond motifs is 2. The standard InChI is InChI=1S/C20H18F3N3O4/c21-10-5-14(22)12(15(23)6-10)7-24-19(29)13-9-25-8-11-3-1-2-4-26(11)20(30)16(25)18(28)17(13)27/h5-6,9,11,28H,1-4,7-8H2,(H,24,29)/t11-/m0/s1. The number of carbonyl (C=O) groups is 2. The number of aromatic nitrogens is 1. The Hall–Kier alpha value is -3.30. The third-order valence-electron chi connectivity index (χ3n) is 5.53. The molecule has 1 atom stereocenters. The molecule has 2 aromatic rings. The van der Waals surface area contributed by atoms with Gasteiger partial charge in [0, 0.05) is 49.6 Å². The summed E-state index contributed by atoms with van der Waals surface area (Å²) in [5.74, 6) is -5.74. The predicted octanol–water partition coefficient (Wildman–Crippen LogP) is 1.91. The Labute approximate surface area is 168 Å². The lowest BCUT2D eigenvalue weighted by atomic mass is 9.98. The van der Waals surface area contributed by atoms with Gasteiger partial charge in [0.15, 0.2) is 11.4 Å². The van der Waals surface area contributed by atoms with Gasteiger partial charge in [-0.05, 0) is 19.3 Å². The number of benzene rings is 1. The molecule has 0 spiro atoms. The molecule has 2 aliphatic rings. The van der Waals surface area contributed by atoms with Crippen LogP contribution in [0, 0.1) is 17.5 Å². The number of piperidine rings is 1. The van der Waals surface area contributed by atoms with Crippen LogP contribution in [0.4, 0.5) is 13.2 Å². The van der Waals surface area contributed by atoms with Crippen LogP contribution in [0.1, 0.15) is 45.7 Å². The van der Waals surface area contributed by atoms with Gasteiger partial charge < -0.3 is 19.9 Å². The first kappa shape index (κ1) is 20.0. The van der Waals surface area contributed by atoms with Crippen molar-refractivity contribution >= 4 is 11.8 Å². The number of halogens is 3. The molecule has 1 aromatic carbocycles. The Balaban J connectivity index is 1.63. The summed E-state index contributed by atoms with van der Waals surface area (Å²) in [4.78, 5) is 39.3. The molecule has 0 unspecified atom stereocenters. The maximum Gasteiger partial charge on any atom is 0.274 e. The molecule has 0 radical (unpaired) electrons. The third kappa shape index (κ3) is 3.31. The zero-order valence-electron chi connectivity index (χ0n) is 15.8. The Bertz CT molecular complexity index is 1090. The summed E-state index contributed by atoms with van der Waals surface area (Å²) in [6.45, 7) is 0.221. The molecule has 158 valence electrons. The van der Waals surface area contributed by atoms with Gasteiger partial charge >= 0.3 is 0 Å². The van der Waals surface area contributed by atoms with Crippen LogP contribution in [-0.4, -0.2) is 39.0 Å². The highest BCUT2D eigenvalue weighted by Gasteiger charge is 2.37. The maximum absolute atomic E-state index is 13.8. The van der Waals surface area contributed by atoms with E-state index >= 15 is 0 Å². The molecule has 1 aromatic heterocycles. The lowest BCUT2D eigenvalue weighted by Crippen LogP contribution is -2.51. The SMILES string of the molecule is O=C(NCc1c(F)cc(F)cc1F)c1cn2c(c(O)c1=O)C(=O)N1CCCC[C@H]1C2. The Morgan fingerprint density at radius 3 is 2.57 bits per heavy atom. The lowest BCUT2D eigenvalue weighted by Gasteiger charge is -2.40. The second kappa shape index (κ2) is 7.51. The molecule has 2 amide bonds. The van der Waals surface area contributed by atoms with Crippen molar-refractivity contribution in [3.63, 3.8) is 0 Å². The van der Waals surface area contributed by atoms with Crippen molar-refractivity contribution in [2.24, 2.45) is 0 Å². The monoisotopic (exact) mass is 421 g/mol. The number of aromatic hydroxyl groups is 1. The van der Waals surface area contributed by atoms with Crippen LogP contribution in [0.5, 0.6) is 5.75 Å². The number of nitrogens with one attached hydrogen (secondary N) is 1. The van der Waals surface area contributed by atoms with Gasteiger partial charge in [-0.15, -0.1) is 0 Å². The molecular weight excluding hydrogens is 403 g/mol. The molecule has 0 aliphatic carbocycles. The van der Waals surface area contributed by atoms with Crippen molar-refractivity contribution in [1.82, 2.24) is 14.8 Å². The number of pyridine rings is 1. The fourth-order valence-electron chi connectivity index (χ4n) is 4.01. The third-order valence-corrected chi connectivity index (χ3v) is 5.53. The molecular formula is C20H18F3N3O4. The van der Waals surface area contributed by atoms with Crippen LogP contribution >= 0.6 is 0 Å². The van der Waals surface area contributed by atoms with Gasteiger partial charge in [0.25, 0.3) is 11.8 Å². The van der Waals surface area contributed by atoms with E-state index in [0.29, 0.717) is 25.2 Å². The van der Waals surface area contributed by atoms with Crippen molar-refractivity contribution < 1.29 is 27.9 Å². The minimum absolute atomic E-state index is 0.0982. The molecule has 2 aliphatic heterocycles. The van der Waals surface area contributed by atoms with Crippen molar-refractivity contribution in [2.45, 2.75) is 38.4 Å². The number of amides is 2. The van der Waals surface area contributed by atoms with Crippen LogP contribution in [0.3, 0.4) is 0 Å². The van der Waals surface area contributed by atoms with E-state index in [1.807, 2.05) is 0 Å². The number of carbonyl (C=O) groups excluding carboxylic acids is 2. The van der Waals surface area contributed by atoms with E-state index in [4.69, 9.17) is 0 Å². The van der Waals surface area contributed by atoms with Crippen molar-refractivity contribution in [3.05, 3.63) is 62.8 Å². The number of nitrogens with zero attached hydrogens (tertiary/aromatic N) is 2. The summed E-state index contributed by atoms with van der Waals surface area (Å²) < 4.78 is 41.9. The van der Waals surface area contributed by atoms with E-state index in [1.165, 1.54) is 10.8 Å². The summed E-state index contributed by atoms with van der Waals surface area (Å²) in [7, 11) is 0. The Morgan fingerprint density at radius 2 is 1.87 bits per heavy atom. The molecule has 3 heterocycles. The van der Waals surface area contributed by atoms with E-state index in [1.54, 1.807) is 4.90 Å². The van der Waals surface area contributed by atoms with Gasteiger partial charge in [-0.2, -0.15) is 0 Å². The predicted molar refractivity (Wildman–Crippen MR) is 98.5 cm³/mol. The van der Waals surface area contributed by atoms with Crippen molar-refractivity contribution in [3.8, 4) is 5.75 Å². The molecule has 7 nitrogen and oxygen atoms in total. The van der Waals surface area contributed by atoms with Gasteiger partial charge in [-0.1, -0.05) is 0 Å². The normalized spacial score (nSPS) is 18.0. The summed E-state index contributed by atoms with van der Waals surface area (Å²) in [5, 5.41) is 12.5. The van der Waals surface area contributed by atoms with E-state index in [2.05, 4.69) is 5.32 Å². The second-order valence-electron chi connectivity index (χ2n) is 7.40. The van der Waals surface area contributed by atoms with Crippen LogP contribution in [0.25, 0.3) is 0 Å².